The van der Waals surface area contributed by atoms with Crippen LogP contribution in [0.4, 0.5) is 0 Å². The number of hydrogen-bond acceptors (Lipinski definition) is 4. The number of pyridine rings is 1. The second-order valence-corrected chi connectivity index (χ2v) is 4.83. The van der Waals surface area contributed by atoms with Crippen molar-refractivity contribution in [2.45, 2.75) is 12.5 Å². The first-order chi connectivity index (χ1) is 10.2. The normalized spacial score (nSPS) is 17.1. The molecule has 0 bridgehead atoms. The van der Waals surface area contributed by atoms with Crippen LogP contribution in [0.15, 0.2) is 53.7 Å². The summed E-state index contributed by atoms with van der Waals surface area (Å²) in [5, 5.41) is 8.85. The molecule has 3 rings (SSSR count). The van der Waals surface area contributed by atoms with Crippen molar-refractivity contribution < 1.29 is 14.6 Å². The van der Waals surface area contributed by atoms with E-state index in [4.69, 9.17) is 9.84 Å². The Bertz CT molecular complexity index is 666. The van der Waals surface area contributed by atoms with Crippen LogP contribution in [0, 0.1) is 0 Å². The molecule has 0 spiro atoms. The predicted molar refractivity (Wildman–Crippen MR) is 77.6 cm³/mol. The van der Waals surface area contributed by atoms with Crippen LogP contribution in [0.5, 0.6) is 0 Å². The first kappa shape index (κ1) is 13.3. The van der Waals surface area contributed by atoms with Crippen LogP contribution in [-0.2, 0) is 11.2 Å². The zero-order valence-corrected chi connectivity index (χ0v) is 11.3. The summed E-state index contributed by atoms with van der Waals surface area (Å²) in [6.07, 6.45) is 2.13. The smallest absolute Gasteiger partial charge is 0.337 e. The molecule has 2 aromatic rings. The lowest BCUT2D eigenvalue weighted by Crippen LogP contribution is -2.09. The number of carboxylic acids is 1. The number of aromatic carboxylic acids is 1. The van der Waals surface area contributed by atoms with E-state index in [1.165, 1.54) is 17.8 Å². The van der Waals surface area contributed by atoms with Gasteiger partial charge in [0.05, 0.1) is 11.6 Å². The lowest BCUT2D eigenvalue weighted by Gasteiger charge is -2.03. The number of ether oxygens (including phenoxy) is 1. The topological polar surface area (TPSA) is 71.8 Å². The second kappa shape index (κ2) is 5.75. The average Bonchev–Trinajstić information content (AvgIpc) is 2.97. The first-order valence-electron chi connectivity index (χ1n) is 6.66. The standard InChI is InChI=1S/C16H14N2O3/c19-16(20)12-6-7-14(17-9-12)15-18-13(10-21-15)8-11-4-2-1-3-5-11/h1-7,9,13H,8,10H2,(H,19,20)/t13-/m0/s1. The Morgan fingerprint density at radius 2 is 2.05 bits per heavy atom. The van der Waals surface area contributed by atoms with Gasteiger partial charge < -0.3 is 9.84 Å². The van der Waals surface area contributed by atoms with Crippen molar-refractivity contribution in [2.75, 3.05) is 6.61 Å². The van der Waals surface area contributed by atoms with E-state index in [1.54, 1.807) is 6.07 Å². The molecule has 2 heterocycles. The quantitative estimate of drug-likeness (QED) is 0.932. The zero-order valence-electron chi connectivity index (χ0n) is 11.3. The Hall–Kier alpha value is -2.69. The fourth-order valence-corrected chi connectivity index (χ4v) is 2.19. The number of carboxylic acid groups (broad SMARTS) is 1. The minimum absolute atomic E-state index is 0.0725. The van der Waals surface area contributed by atoms with E-state index in [0.717, 1.165) is 6.42 Å². The maximum atomic E-state index is 10.8. The number of hydrogen-bond donors (Lipinski definition) is 1. The molecule has 5 heteroatoms. The van der Waals surface area contributed by atoms with Crippen molar-refractivity contribution >= 4 is 11.9 Å². The van der Waals surface area contributed by atoms with Crippen LogP contribution in [-0.4, -0.2) is 34.6 Å². The summed E-state index contributed by atoms with van der Waals surface area (Å²) in [7, 11) is 0. The Morgan fingerprint density at radius 3 is 2.71 bits per heavy atom. The Morgan fingerprint density at radius 1 is 1.24 bits per heavy atom. The summed E-state index contributed by atoms with van der Waals surface area (Å²) in [6, 6.07) is 13.3. The number of nitrogens with zero attached hydrogens (tertiary/aromatic N) is 2. The predicted octanol–water partition coefficient (Wildman–Crippen LogP) is 2.17. The Labute approximate surface area is 121 Å². The molecule has 0 radical (unpaired) electrons. The van der Waals surface area contributed by atoms with E-state index in [2.05, 4.69) is 22.1 Å². The largest absolute Gasteiger partial charge is 0.478 e. The molecule has 5 nitrogen and oxygen atoms in total. The van der Waals surface area contributed by atoms with E-state index < -0.39 is 5.97 Å². The van der Waals surface area contributed by atoms with Gasteiger partial charge in [-0.1, -0.05) is 30.3 Å². The molecule has 106 valence electrons. The number of benzene rings is 1. The highest BCUT2D eigenvalue weighted by atomic mass is 16.5. The number of rotatable bonds is 4. The molecule has 21 heavy (non-hydrogen) atoms. The van der Waals surface area contributed by atoms with E-state index in [1.807, 2.05) is 18.2 Å². The fourth-order valence-electron chi connectivity index (χ4n) is 2.19. The van der Waals surface area contributed by atoms with Gasteiger partial charge in [0.15, 0.2) is 0 Å². The monoisotopic (exact) mass is 282 g/mol. The lowest BCUT2D eigenvalue weighted by atomic mass is 10.1. The summed E-state index contributed by atoms with van der Waals surface area (Å²) in [4.78, 5) is 19.4. The maximum absolute atomic E-state index is 10.8. The van der Waals surface area contributed by atoms with Crippen molar-refractivity contribution in [1.29, 1.82) is 0 Å². The molecule has 1 aromatic heterocycles. The third-order valence-electron chi connectivity index (χ3n) is 3.26. The zero-order chi connectivity index (χ0) is 14.7. The van der Waals surface area contributed by atoms with Crippen molar-refractivity contribution in [3.63, 3.8) is 0 Å². The van der Waals surface area contributed by atoms with Crippen LogP contribution in [0.25, 0.3) is 0 Å². The third kappa shape index (κ3) is 3.08. The summed E-state index contributed by atoms with van der Waals surface area (Å²) >= 11 is 0. The van der Waals surface area contributed by atoms with Gasteiger partial charge in [-0.15, -0.1) is 0 Å². The van der Waals surface area contributed by atoms with Crippen LogP contribution in [0.3, 0.4) is 0 Å². The van der Waals surface area contributed by atoms with Gasteiger partial charge >= 0.3 is 5.97 Å². The van der Waals surface area contributed by atoms with Crippen LogP contribution < -0.4 is 0 Å². The number of carbonyl (C=O) groups is 1. The van der Waals surface area contributed by atoms with E-state index in [9.17, 15) is 4.79 Å². The minimum Gasteiger partial charge on any atom is -0.478 e. The molecule has 0 saturated carbocycles. The van der Waals surface area contributed by atoms with Gasteiger partial charge in [-0.25, -0.2) is 9.79 Å². The van der Waals surface area contributed by atoms with Crippen LogP contribution in [0.2, 0.25) is 0 Å². The van der Waals surface area contributed by atoms with E-state index in [-0.39, 0.29) is 11.6 Å². The Kier molecular flexibility index (Phi) is 3.64. The van der Waals surface area contributed by atoms with Gasteiger partial charge in [0, 0.05) is 6.20 Å². The molecular weight excluding hydrogens is 268 g/mol. The average molecular weight is 282 g/mol. The molecular formula is C16H14N2O3. The van der Waals surface area contributed by atoms with Gasteiger partial charge in [-0.2, -0.15) is 0 Å². The van der Waals surface area contributed by atoms with Crippen molar-refractivity contribution in [1.82, 2.24) is 4.98 Å². The van der Waals surface area contributed by atoms with Crippen molar-refractivity contribution in [2.24, 2.45) is 4.99 Å². The molecule has 1 aromatic carbocycles. The highest BCUT2D eigenvalue weighted by Gasteiger charge is 2.21. The number of aromatic nitrogens is 1. The SMILES string of the molecule is O=C(O)c1ccc(C2=N[C@@H](Cc3ccccc3)CO2)nc1. The summed E-state index contributed by atoms with van der Waals surface area (Å²) in [6.45, 7) is 0.520. The Balaban J connectivity index is 1.72. The summed E-state index contributed by atoms with van der Waals surface area (Å²) < 4.78 is 5.56. The van der Waals surface area contributed by atoms with Gasteiger partial charge in [-0.3, -0.25) is 4.98 Å². The highest BCUT2D eigenvalue weighted by Crippen LogP contribution is 2.15. The fraction of sp³-hybridized carbons (Fsp3) is 0.188. The van der Waals surface area contributed by atoms with Crippen LogP contribution in [0.1, 0.15) is 21.6 Å². The van der Waals surface area contributed by atoms with Crippen LogP contribution >= 0.6 is 0 Å². The molecule has 1 atom stereocenters. The van der Waals surface area contributed by atoms with E-state index >= 15 is 0 Å². The molecule has 0 saturated heterocycles. The first-order valence-corrected chi connectivity index (χ1v) is 6.66. The molecule has 0 amide bonds. The maximum Gasteiger partial charge on any atom is 0.337 e. The van der Waals surface area contributed by atoms with Crippen molar-refractivity contribution in [3.8, 4) is 0 Å². The van der Waals surface area contributed by atoms with Gasteiger partial charge in [0.25, 0.3) is 0 Å². The molecule has 1 aliphatic heterocycles. The second-order valence-electron chi connectivity index (χ2n) is 4.83. The highest BCUT2D eigenvalue weighted by molar-refractivity contribution is 5.94. The number of aliphatic imine (C=N–C) groups is 1. The lowest BCUT2D eigenvalue weighted by molar-refractivity contribution is 0.0696. The molecule has 0 unspecified atom stereocenters. The summed E-state index contributed by atoms with van der Waals surface area (Å²) in [5.74, 6) is -0.516. The van der Waals surface area contributed by atoms with Gasteiger partial charge in [-0.05, 0) is 24.1 Å². The van der Waals surface area contributed by atoms with Crippen molar-refractivity contribution in [3.05, 3.63) is 65.5 Å². The molecule has 1 aliphatic rings. The third-order valence-corrected chi connectivity index (χ3v) is 3.26. The van der Waals surface area contributed by atoms with Gasteiger partial charge in [0.2, 0.25) is 5.90 Å². The molecule has 0 aliphatic carbocycles. The summed E-state index contributed by atoms with van der Waals surface area (Å²) in [5.41, 5.74) is 1.93. The molecule has 0 fully saturated rings. The van der Waals surface area contributed by atoms with E-state index in [0.29, 0.717) is 18.2 Å². The van der Waals surface area contributed by atoms with Gasteiger partial charge in [0.1, 0.15) is 12.3 Å². The minimum atomic E-state index is -0.995. The molecule has 1 N–H and O–H groups in total.